The lowest BCUT2D eigenvalue weighted by Gasteiger charge is -2.32. The molecule has 1 aliphatic heterocycles. The van der Waals surface area contributed by atoms with E-state index in [0.717, 1.165) is 36.6 Å². The fourth-order valence-electron chi connectivity index (χ4n) is 3.99. The molecule has 1 saturated heterocycles. The second-order valence-electron chi connectivity index (χ2n) is 7.57. The number of pyridine rings is 1. The van der Waals surface area contributed by atoms with E-state index in [-0.39, 0.29) is 17.3 Å². The summed E-state index contributed by atoms with van der Waals surface area (Å²) in [5, 5.41) is 0. The van der Waals surface area contributed by atoms with E-state index in [4.69, 9.17) is 0 Å². The number of Topliss-reactive ketones (excluding diaryl/α,β-unsaturated/α-hetero) is 1. The van der Waals surface area contributed by atoms with Crippen molar-refractivity contribution in [1.82, 2.24) is 14.5 Å². The molecule has 0 N–H and O–H groups in total. The van der Waals surface area contributed by atoms with E-state index < -0.39 is 11.7 Å². The van der Waals surface area contributed by atoms with Crippen LogP contribution in [0.5, 0.6) is 0 Å². The molecule has 0 spiro atoms. The third-order valence-electron chi connectivity index (χ3n) is 5.47. The predicted octanol–water partition coefficient (Wildman–Crippen LogP) is 4.99. The lowest BCUT2D eigenvalue weighted by atomic mass is 9.89. The van der Waals surface area contributed by atoms with E-state index in [1.54, 1.807) is 6.20 Å². The number of nitrogens with zero attached hydrogens (tertiary/aromatic N) is 3. The van der Waals surface area contributed by atoms with Crippen LogP contribution in [0.2, 0.25) is 0 Å². The van der Waals surface area contributed by atoms with Gasteiger partial charge in [-0.1, -0.05) is 18.2 Å². The summed E-state index contributed by atoms with van der Waals surface area (Å²) in [7, 11) is 0. The van der Waals surface area contributed by atoms with Crippen molar-refractivity contribution in [3.63, 3.8) is 0 Å². The molecular formula is C23H22F3N3O. The van der Waals surface area contributed by atoms with Crippen LogP contribution in [0.3, 0.4) is 0 Å². The highest BCUT2D eigenvalue weighted by molar-refractivity contribution is 5.98. The fraction of sp³-hybridized carbons (Fsp3) is 0.304. The maximum atomic E-state index is 13.0. The van der Waals surface area contributed by atoms with Gasteiger partial charge in [-0.25, -0.2) is 4.98 Å². The summed E-state index contributed by atoms with van der Waals surface area (Å²) >= 11 is 0. The van der Waals surface area contributed by atoms with Crippen LogP contribution >= 0.6 is 0 Å². The molecule has 156 valence electrons. The molecule has 30 heavy (non-hydrogen) atoms. The molecule has 0 aliphatic carbocycles. The van der Waals surface area contributed by atoms with Gasteiger partial charge < -0.3 is 4.57 Å². The van der Waals surface area contributed by atoms with Gasteiger partial charge in [0.05, 0.1) is 5.56 Å². The lowest BCUT2D eigenvalue weighted by Crippen LogP contribution is -2.38. The van der Waals surface area contributed by atoms with Crippen molar-refractivity contribution in [3.8, 4) is 5.82 Å². The summed E-state index contributed by atoms with van der Waals surface area (Å²) in [5.74, 6) is 0.303. The molecule has 1 aliphatic rings. The summed E-state index contributed by atoms with van der Waals surface area (Å²) in [6.45, 7) is 2.03. The number of piperidine rings is 1. The summed E-state index contributed by atoms with van der Waals surface area (Å²) in [5.41, 5.74) is 0.406. The Morgan fingerprint density at radius 1 is 1.10 bits per heavy atom. The number of ketones is 1. The minimum Gasteiger partial charge on any atom is -0.304 e. The molecule has 2 aromatic heterocycles. The van der Waals surface area contributed by atoms with Gasteiger partial charge in [0, 0.05) is 42.7 Å². The zero-order valence-corrected chi connectivity index (χ0v) is 16.3. The Kier molecular flexibility index (Phi) is 5.72. The Balaban J connectivity index is 1.47. The fourth-order valence-corrected chi connectivity index (χ4v) is 3.99. The topological polar surface area (TPSA) is 38.1 Å². The number of alkyl halides is 3. The van der Waals surface area contributed by atoms with Crippen molar-refractivity contribution in [2.24, 2.45) is 5.92 Å². The first-order valence-corrected chi connectivity index (χ1v) is 9.93. The second kappa shape index (κ2) is 8.44. The molecule has 0 amide bonds. The standard InChI is InChI=1S/C23H22F3N3O/c24-23(25,26)19-8-3-6-17(14-19)22(30)18-7-4-12-28(15-18)16-20-9-5-13-29(20)21-10-1-2-11-27-21/h1-3,5-6,8-11,13-14,18H,4,7,12,15-16H2/t18-/m1/s1. The van der Waals surface area contributed by atoms with Gasteiger partial charge in [0.25, 0.3) is 0 Å². The van der Waals surface area contributed by atoms with Gasteiger partial charge in [-0.05, 0) is 55.8 Å². The number of aromatic nitrogens is 2. The van der Waals surface area contributed by atoms with Crippen molar-refractivity contribution in [2.75, 3.05) is 13.1 Å². The Hall–Kier alpha value is -2.93. The van der Waals surface area contributed by atoms with Gasteiger partial charge in [0.15, 0.2) is 5.78 Å². The molecule has 1 aromatic carbocycles. The Morgan fingerprint density at radius 2 is 1.97 bits per heavy atom. The highest BCUT2D eigenvalue weighted by Gasteiger charge is 2.32. The Labute approximate surface area is 173 Å². The van der Waals surface area contributed by atoms with Crippen LogP contribution in [0.1, 0.15) is 34.5 Å². The van der Waals surface area contributed by atoms with E-state index in [0.29, 0.717) is 19.5 Å². The van der Waals surface area contributed by atoms with Gasteiger partial charge in [-0.2, -0.15) is 13.2 Å². The normalized spacial score (nSPS) is 17.8. The molecule has 1 atom stereocenters. The summed E-state index contributed by atoms with van der Waals surface area (Å²) < 4.78 is 41.0. The number of likely N-dealkylation sites (tertiary alicyclic amines) is 1. The summed E-state index contributed by atoms with van der Waals surface area (Å²) in [6.07, 6.45) is 0.759. The predicted molar refractivity (Wildman–Crippen MR) is 107 cm³/mol. The third kappa shape index (κ3) is 4.46. The van der Waals surface area contributed by atoms with E-state index >= 15 is 0 Å². The first-order valence-electron chi connectivity index (χ1n) is 9.93. The zero-order chi connectivity index (χ0) is 21.1. The van der Waals surface area contributed by atoms with Crippen LogP contribution in [-0.4, -0.2) is 33.3 Å². The molecular weight excluding hydrogens is 391 g/mol. The smallest absolute Gasteiger partial charge is 0.304 e. The van der Waals surface area contributed by atoms with Gasteiger partial charge in [-0.3, -0.25) is 9.69 Å². The first kappa shape index (κ1) is 20.3. The van der Waals surface area contributed by atoms with Crippen LogP contribution < -0.4 is 0 Å². The monoisotopic (exact) mass is 413 g/mol. The largest absolute Gasteiger partial charge is 0.416 e. The summed E-state index contributed by atoms with van der Waals surface area (Å²) in [6, 6.07) is 14.4. The maximum Gasteiger partial charge on any atom is 0.416 e. The van der Waals surface area contributed by atoms with Gasteiger partial charge in [0.2, 0.25) is 0 Å². The SMILES string of the molecule is O=C(c1cccc(C(F)(F)F)c1)[C@@H]1CCCN(Cc2cccn2-c2ccccn2)C1. The Bertz CT molecular complexity index is 1010. The van der Waals surface area contributed by atoms with Crippen LogP contribution in [0.15, 0.2) is 67.0 Å². The zero-order valence-electron chi connectivity index (χ0n) is 16.3. The molecule has 3 heterocycles. The van der Waals surface area contributed by atoms with Crippen LogP contribution in [0, 0.1) is 5.92 Å². The molecule has 0 saturated carbocycles. The van der Waals surface area contributed by atoms with Crippen molar-refractivity contribution < 1.29 is 18.0 Å². The van der Waals surface area contributed by atoms with E-state index in [9.17, 15) is 18.0 Å². The maximum absolute atomic E-state index is 13.0. The highest BCUT2D eigenvalue weighted by atomic mass is 19.4. The molecule has 0 unspecified atom stereocenters. The summed E-state index contributed by atoms with van der Waals surface area (Å²) in [4.78, 5) is 19.5. The van der Waals surface area contributed by atoms with Gasteiger partial charge in [0.1, 0.15) is 5.82 Å². The molecule has 1 fully saturated rings. The van der Waals surface area contributed by atoms with E-state index in [1.807, 2.05) is 41.1 Å². The number of benzene rings is 1. The van der Waals surface area contributed by atoms with Crippen molar-refractivity contribution in [2.45, 2.75) is 25.6 Å². The minimum absolute atomic E-state index is 0.133. The van der Waals surface area contributed by atoms with Gasteiger partial charge >= 0.3 is 6.18 Å². The quantitative estimate of drug-likeness (QED) is 0.554. The van der Waals surface area contributed by atoms with Crippen LogP contribution in [0.4, 0.5) is 13.2 Å². The second-order valence-corrected chi connectivity index (χ2v) is 7.57. The lowest BCUT2D eigenvalue weighted by molar-refractivity contribution is -0.137. The number of rotatable bonds is 5. The first-order chi connectivity index (χ1) is 14.4. The number of halogens is 3. The number of carbonyl (C=O) groups is 1. The van der Waals surface area contributed by atoms with Crippen LogP contribution in [-0.2, 0) is 12.7 Å². The van der Waals surface area contributed by atoms with E-state index in [2.05, 4.69) is 9.88 Å². The molecule has 4 nitrogen and oxygen atoms in total. The molecule has 4 rings (SSSR count). The highest BCUT2D eigenvalue weighted by Crippen LogP contribution is 2.31. The molecule has 3 aromatic rings. The molecule has 7 heteroatoms. The third-order valence-corrected chi connectivity index (χ3v) is 5.47. The number of hydrogen-bond donors (Lipinski definition) is 0. The average molecular weight is 413 g/mol. The van der Waals surface area contributed by atoms with Crippen molar-refractivity contribution in [3.05, 3.63) is 83.8 Å². The van der Waals surface area contributed by atoms with E-state index in [1.165, 1.54) is 12.1 Å². The van der Waals surface area contributed by atoms with Gasteiger partial charge in [-0.15, -0.1) is 0 Å². The van der Waals surface area contributed by atoms with Crippen molar-refractivity contribution in [1.29, 1.82) is 0 Å². The van der Waals surface area contributed by atoms with Crippen molar-refractivity contribution >= 4 is 5.78 Å². The molecule has 0 bridgehead atoms. The number of carbonyl (C=O) groups excluding carboxylic acids is 1. The van der Waals surface area contributed by atoms with Crippen LogP contribution in [0.25, 0.3) is 5.82 Å². The molecule has 0 radical (unpaired) electrons. The minimum atomic E-state index is -4.45. The number of hydrogen-bond acceptors (Lipinski definition) is 3. The Morgan fingerprint density at radius 3 is 2.73 bits per heavy atom. The average Bonchev–Trinajstić information content (AvgIpc) is 3.21.